The summed E-state index contributed by atoms with van der Waals surface area (Å²) in [6, 6.07) is 5.31. The fraction of sp³-hybridized carbons (Fsp3) is 0.167. The van der Waals surface area contributed by atoms with Gasteiger partial charge < -0.3 is 9.51 Å². The minimum absolute atomic E-state index is 0.299. The molecule has 0 aliphatic rings. The fourth-order valence-electron chi connectivity index (χ4n) is 1.57. The summed E-state index contributed by atoms with van der Waals surface area (Å²) in [7, 11) is 0. The van der Waals surface area contributed by atoms with Gasteiger partial charge in [0.05, 0.1) is 11.1 Å². The lowest BCUT2D eigenvalue weighted by Crippen LogP contribution is -1.91. The minimum atomic E-state index is -2.52. The van der Waals surface area contributed by atoms with Crippen LogP contribution in [-0.2, 0) is 0 Å². The number of aliphatic hydroxyl groups is 1. The van der Waals surface area contributed by atoms with Crippen LogP contribution in [0.15, 0.2) is 33.9 Å². The Morgan fingerprint density at radius 2 is 2.28 bits per heavy atom. The number of hydrogen-bond donors (Lipinski definition) is 1. The maximum atomic E-state index is 12.6. The summed E-state index contributed by atoms with van der Waals surface area (Å²) in [5, 5.41) is 9.06. The van der Waals surface area contributed by atoms with Crippen LogP contribution in [-0.4, -0.2) is 21.9 Å². The lowest BCUT2D eigenvalue weighted by Gasteiger charge is -2.03. The molecule has 2 nitrogen and oxygen atoms in total. The predicted octanol–water partition coefficient (Wildman–Crippen LogP) is 3.36. The van der Waals surface area contributed by atoms with E-state index in [1.165, 1.54) is 0 Å². The molecule has 94 valence electrons. The van der Waals surface area contributed by atoms with Crippen LogP contribution in [0, 0.1) is 11.8 Å². The summed E-state index contributed by atoms with van der Waals surface area (Å²) in [6.07, 6.45) is 1.70. The number of thioether (sulfide) groups is 1. The van der Waals surface area contributed by atoms with Crippen molar-refractivity contribution in [3.8, 4) is 11.8 Å². The van der Waals surface area contributed by atoms with Gasteiger partial charge in [-0.2, -0.15) is 8.78 Å². The molecule has 18 heavy (non-hydrogen) atoms. The molecule has 2 rings (SSSR count). The van der Waals surface area contributed by atoms with Crippen molar-refractivity contribution in [1.29, 1.82) is 0 Å². The van der Waals surface area contributed by atoms with Gasteiger partial charge in [-0.3, -0.25) is 0 Å². The van der Waals surface area contributed by atoms with Gasteiger partial charge in [-0.25, -0.2) is 0 Å². The van der Waals surface area contributed by atoms with Crippen molar-refractivity contribution in [2.24, 2.45) is 0 Å². The monoisotopic (exact) mass is 331 g/mol. The molecule has 0 fully saturated rings. The van der Waals surface area contributed by atoms with Crippen molar-refractivity contribution >= 4 is 33.2 Å². The van der Waals surface area contributed by atoms with E-state index in [1.54, 1.807) is 22.7 Å². The van der Waals surface area contributed by atoms with Gasteiger partial charge in [0.25, 0.3) is 5.76 Å². The minimum Gasteiger partial charge on any atom is -0.384 e. The van der Waals surface area contributed by atoms with Crippen molar-refractivity contribution in [3.05, 3.63) is 34.4 Å². The Bertz CT molecular complexity index is 630. The molecular weight excluding hydrogens is 324 g/mol. The second-order valence-electron chi connectivity index (χ2n) is 3.31. The van der Waals surface area contributed by atoms with Crippen molar-refractivity contribution in [2.75, 3.05) is 6.61 Å². The molecule has 2 aromatic rings. The number of aliphatic hydroxyl groups excluding tert-OH is 1. The molecule has 0 spiro atoms. The molecule has 0 aliphatic heterocycles. The molecule has 0 saturated carbocycles. The van der Waals surface area contributed by atoms with Crippen LogP contribution in [0.1, 0.15) is 5.56 Å². The highest BCUT2D eigenvalue weighted by molar-refractivity contribution is 9.10. The first-order valence-electron chi connectivity index (χ1n) is 4.97. The molecule has 0 saturated heterocycles. The first-order chi connectivity index (χ1) is 8.63. The molecule has 0 aromatic carbocycles. The third-order valence-corrected chi connectivity index (χ3v) is 3.70. The van der Waals surface area contributed by atoms with Gasteiger partial charge in [0.2, 0.25) is 0 Å². The number of nitrogens with zero attached hydrogens (tertiary/aromatic N) is 1. The van der Waals surface area contributed by atoms with E-state index in [0.29, 0.717) is 22.4 Å². The topological polar surface area (TPSA) is 24.6 Å². The van der Waals surface area contributed by atoms with Crippen molar-refractivity contribution in [3.63, 3.8) is 0 Å². The molecule has 0 radical (unpaired) electrons. The second-order valence-corrected chi connectivity index (χ2v) is 5.15. The Kier molecular flexibility index (Phi) is 4.27. The van der Waals surface area contributed by atoms with Gasteiger partial charge in [0.15, 0.2) is 0 Å². The highest BCUT2D eigenvalue weighted by atomic mass is 79.9. The van der Waals surface area contributed by atoms with E-state index in [0.717, 1.165) is 9.99 Å². The van der Waals surface area contributed by atoms with Crippen molar-refractivity contribution in [2.45, 2.75) is 10.8 Å². The quantitative estimate of drug-likeness (QED) is 0.674. The molecule has 0 amide bonds. The molecule has 2 heterocycles. The van der Waals surface area contributed by atoms with Gasteiger partial charge in [0, 0.05) is 10.7 Å². The summed E-state index contributed by atoms with van der Waals surface area (Å²) in [5.74, 6) is 2.65. The summed E-state index contributed by atoms with van der Waals surface area (Å²) in [5.41, 5.74) is 1.25. The maximum absolute atomic E-state index is 12.6. The summed E-state index contributed by atoms with van der Waals surface area (Å²) < 4.78 is 27.6. The number of rotatable bonds is 2. The highest BCUT2D eigenvalue weighted by Crippen LogP contribution is 2.33. The number of halogens is 3. The molecule has 2 aromatic heterocycles. The van der Waals surface area contributed by atoms with Crippen LogP contribution in [0.3, 0.4) is 0 Å². The zero-order valence-electron chi connectivity index (χ0n) is 9.03. The lowest BCUT2D eigenvalue weighted by molar-refractivity contribution is 0.252. The van der Waals surface area contributed by atoms with E-state index >= 15 is 0 Å². The van der Waals surface area contributed by atoms with Gasteiger partial charge in [0.1, 0.15) is 11.6 Å². The number of hydrogen-bond acceptors (Lipinski definition) is 2. The van der Waals surface area contributed by atoms with Crippen LogP contribution in [0.2, 0.25) is 0 Å². The Labute approximate surface area is 115 Å². The lowest BCUT2D eigenvalue weighted by atomic mass is 10.3. The number of alkyl halides is 2. The molecule has 0 unspecified atom stereocenters. The van der Waals surface area contributed by atoms with Crippen molar-refractivity contribution < 1.29 is 13.9 Å². The molecular formula is C12H8BrF2NOS. The summed E-state index contributed by atoms with van der Waals surface area (Å²) in [4.78, 5) is 0. The van der Waals surface area contributed by atoms with Crippen LogP contribution >= 0.6 is 27.7 Å². The average Bonchev–Trinajstić information content (AvgIpc) is 2.66. The van der Waals surface area contributed by atoms with E-state index in [2.05, 4.69) is 27.8 Å². The fourth-order valence-corrected chi connectivity index (χ4v) is 2.70. The van der Waals surface area contributed by atoms with Gasteiger partial charge in [-0.05, 0) is 45.9 Å². The molecule has 1 N–H and O–H groups in total. The third kappa shape index (κ3) is 2.69. The normalized spacial score (nSPS) is 10.7. The van der Waals surface area contributed by atoms with Gasteiger partial charge in [-0.1, -0.05) is 11.8 Å². The van der Waals surface area contributed by atoms with Gasteiger partial charge >= 0.3 is 0 Å². The molecule has 0 atom stereocenters. The first kappa shape index (κ1) is 13.4. The van der Waals surface area contributed by atoms with Crippen LogP contribution in [0.5, 0.6) is 0 Å². The predicted molar refractivity (Wildman–Crippen MR) is 70.9 cm³/mol. The van der Waals surface area contributed by atoms with E-state index < -0.39 is 5.76 Å². The average molecular weight is 332 g/mol. The maximum Gasteiger partial charge on any atom is 0.290 e. The van der Waals surface area contributed by atoms with E-state index in [9.17, 15) is 8.78 Å². The van der Waals surface area contributed by atoms with Crippen LogP contribution < -0.4 is 0 Å². The number of aromatic nitrogens is 1. The van der Waals surface area contributed by atoms with E-state index in [-0.39, 0.29) is 6.61 Å². The third-order valence-electron chi connectivity index (χ3n) is 2.22. The summed E-state index contributed by atoms with van der Waals surface area (Å²) in [6.45, 7) is -0.299. The van der Waals surface area contributed by atoms with Crippen LogP contribution in [0.4, 0.5) is 8.78 Å². The Morgan fingerprint density at radius 3 is 2.94 bits per heavy atom. The zero-order chi connectivity index (χ0) is 13.1. The van der Waals surface area contributed by atoms with E-state index in [1.807, 2.05) is 6.07 Å². The number of fused-ring (bicyclic) bond motifs is 1. The smallest absolute Gasteiger partial charge is 0.290 e. The van der Waals surface area contributed by atoms with E-state index in [4.69, 9.17) is 5.11 Å². The van der Waals surface area contributed by atoms with Crippen LogP contribution in [0.25, 0.3) is 5.52 Å². The number of pyridine rings is 1. The first-order valence-corrected chi connectivity index (χ1v) is 6.65. The Hall–Kier alpha value is -1.03. The Morgan fingerprint density at radius 1 is 1.50 bits per heavy atom. The molecule has 0 aliphatic carbocycles. The Balaban J connectivity index is 2.64. The molecule has 6 heteroatoms. The van der Waals surface area contributed by atoms with Gasteiger partial charge in [-0.15, -0.1) is 0 Å². The van der Waals surface area contributed by atoms with Crippen molar-refractivity contribution in [1.82, 2.24) is 4.40 Å². The largest absolute Gasteiger partial charge is 0.384 e. The second kappa shape index (κ2) is 5.74. The standard InChI is InChI=1S/C12H8BrF2NOS/c13-9-4-1-5-16-10(9)7-8(3-2-6-17)11(16)18-12(14)15/h1,4-5,7,12,17H,6H2. The zero-order valence-corrected chi connectivity index (χ0v) is 11.4. The molecule has 0 bridgehead atoms. The SMILES string of the molecule is OCC#Cc1cc2c(Br)cccn2c1SC(F)F. The highest BCUT2D eigenvalue weighted by Gasteiger charge is 2.15. The summed E-state index contributed by atoms with van der Waals surface area (Å²) >= 11 is 3.81.